The Kier molecular flexibility index (Phi) is 5.67. The second-order valence-electron chi connectivity index (χ2n) is 5.78. The van der Waals surface area contributed by atoms with Crippen LogP contribution in [0.5, 0.6) is 5.75 Å². The first-order chi connectivity index (χ1) is 13.4. The molecule has 142 valence electrons. The molecular weight excluding hydrogens is 398 g/mol. The molecule has 0 bridgehead atoms. The van der Waals surface area contributed by atoms with Gasteiger partial charge < -0.3 is 10.0 Å². The molecule has 0 saturated carbocycles. The maximum atomic E-state index is 10.3. The molecular formula is C16H15N9OS2. The first-order valence-electron chi connectivity index (χ1n) is 7.91. The van der Waals surface area contributed by atoms with E-state index >= 15 is 0 Å². The number of rotatable bonds is 5. The Labute approximate surface area is 169 Å². The van der Waals surface area contributed by atoms with Crippen molar-refractivity contribution in [2.45, 2.75) is 13.8 Å². The van der Waals surface area contributed by atoms with Crippen LogP contribution in [0.15, 0.2) is 32.6 Å². The average molecular weight is 413 g/mol. The molecule has 0 unspecified atom stereocenters. The predicted octanol–water partition coefficient (Wildman–Crippen LogP) is 5.76. The van der Waals surface area contributed by atoms with Gasteiger partial charge in [-0.25, -0.2) is 14.2 Å². The lowest BCUT2D eigenvalue weighted by molar-refractivity contribution is 0.476. The minimum atomic E-state index is -0.0660. The number of aromatic nitrogens is 3. The molecule has 0 atom stereocenters. The van der Waals surface area contributed by atoms with Crippen LogP contribution in [0.2, 0.25) is 0 Å². The third-order valence-corrected chi connectivity index (χ3v) is 4.99. The lowest BCUT2D eigenvalue weighted by Crippen LogP contribution is -2.08. The second-order valence-corrected chi connectivity index (χ2v) is 7.26. The number of hydrogen-bond acceptors (Lipinski definition) is 11. The molecule has 0 spiro atoms. The number of benzene rings is 1. The van der Waals surface area contributed by atoms with Crippen molar-refractivity contribution in [3.63, 3.8) is 0 Å². The summed E-state index contributed by atoms with van der Waals surface area (Å²) in [5.74, 6) is 0.561. The van der Waals surface area contributed by atoms with E-state index in [0.29, 0.717) is 38.7 Å². The van der Waals surface area contributed by atoms with Crippen LogP contribution in [0.25, 0.3) is 4.85 Å². The number of anilines is 1. The number of phenols is 1. The summed E-state index contributed by atoms with van der Waals surface area (Å²) >= 11 is 2.22. The molecule has 12 heteroatoms. The van der Waals surface area contributed by atoms with E-state index in [1.807, 2.05) is 14.1 Å². The maximum absolute atomic E-state index is 10.3. The van der Waals surface area contributed by atoms with Crippen molar-refractivity contribution in [2.75, 3.05) is 19.0 Å². The zero-order valence-electron chi connectivity index (χ0n) is 15.4. The third-order valence-electron chi connectivity index (χ3n) is 3.49. The largest absolute Gasteiger partial charge is 0.506 e. The summed E-state index contributed by atoms with van der Waals surface area (Å²) < 4.78 is 8.17. The number of aryl methyl sites for hydroxylation is 2. The minimum absolute atomic E-state index is 0.0660. The highest BCUT2D eigenvalue weighted by atomic mass is 32.1. The molecule has 0 fully saturated rings. The van der Waals surface area contributed by atoms with Crippen LogP contribution in [-0.2, 0) is 0 Å². The fraction of sp³-hybridized carbons (Fsp3) is 0.250. The first-order valence-corrected chi connectivity index (χ1v) is 9.45. The van der Waals surface area contributed by atoms with Crippen molar-refractivity contribution in [3.8, 4) is 5.75 Å². The predicted molar refractivity (Wildman–Crippen MR) is 109 cm³/mol. The first kappa shape index (κ1) is 19.5. The molecule has 3 rings (SSSR count). The van der Waals surface area contributed by atoms with Gasteiger partial charge >= 0.3 is 0 Å². The highest BCUT2D eigenvalue weighted by Crippen LogP contribution is 2.42. The standard InChI is InChI=1S/C16H15N9OS2/c1-8-14(17-3)15(27-23-8)21-20-11-6-10(12(25(4)5)7-13(11)26)19-22-16-18-9(2)24-28-16/h6-7,26H,1-2,4-5H3. The van der Waals surface area contributed by atoms with Gasteiger partial charge in [-0.1, -0.05) is 0 Å². The summed E-state index contributed by atoms with van der Waals surface area (Å²) in [6.07, 6.45) is 0. The van der Waals surface area contributed by atoms with Crippen LogP contribution in [0.4, 0.5) is 32.9 Å². The molecule has 1 N–H and O–H groups in total. The minimum Gasteiger partial charge on any atom is -0.506 e. The lowest BCUT2D eigenvalue weighted by atomic mass is 10.2. The molecule has 2 aromatic heterocycles. The summed E-state index contributed by atoms with van der Waals surface area (Å²) in [6, 6.07) is 3.10. The van der Waals surface area contributed by atoms with E-state index in [9.17, 15) is 5.11 Å². The maximum Gasteiger partial charge on any atom is 0.249 e. The Morgan fingerprint density at radius 1 is 1.04 bits per heavy atom. The van der Waals surface area contributed by atoms with Gasteiger partial charge in [-0.05, 0) is 31.4 Å². The fourth-order valence-electron chi connectivity index (χ4n) is 2.14. The van der Waals surface area contributed by atoms with Crippen LogP contribution in [0, 0.1) is 20.4 Å². The number of nitrogens with zero attached hydrogens (tertiary/aromatic N) is 9. The van der Waals surface area contributed by atoms with Crippen molar-refractivity contribution >= 4 is 55.9 Å². The molecule has 10 nitrogen and oxygen atoms in total. The van der Waals surface area contributed by atoms with E-state index in [4.69, 9.17) is 6.57 Å². The van der Waals surface area contributed by atoms with Crippen molar-refractivity contribution in [1.82, 2.24) is 13.7 Å². The monoisotopic (exact) mass is 413 g/mol. The molecule has 0 amide bonds. The topological polar surface area (TPSA) is 116 Å². The van der Waals surface area contributed by atoms with Crippen molar-refractivity contribution < 1.29 is 5.11 Å². The van der Waals surface area contributed by atoms with Gasteiger partial charge in [0.25, 0.3) is 0 Å². The van der Waals surface area contributed by atoms with Crippen LogP contribution in [-0.4, -0.2) is 32.9 Å². The Morgan fingerprint density at radius 3 is 2.43 bits per heavy atom. The van der Waals surface area contributed by atoms with Gasteiger partial charge in [0.05, 0.1) is 18.0 Å². The van der Waals surface area contributed by atoms with E-state index in [2.05, 4.69) is 39.0 Å². The zero-order chi connectivity index (χ0) is 20.3. The lowest BCUT2D eigenvalue weighted by Gasteiger charge is -2.15. The number of azo groups is 2. The van der Waals surface area contributed by atoms with Crippen LogP contribution in [0.3, 0.4) is 0 Å². The number of aromatic hydroxyl groups is 1. The van der Waals surface area contributed by atoms with E-state index in [-0.39, 0.29) is 11.4 Å². The summed E-state index contributed by atoms with van der Waals surface area (Å²) in [4.78, 5) is 9.36. The second kappa shape index (κ2) is 8.15. The molecule has 0 aliphatic carbocycles. The SMILES string of the molecule is [C-]#[N+]c1c(C)nsc1N=Nc1cc(N=Nc2nc(C)ns2)c(N(C)C)cc1O. The van der Waals surface area contributed by atoms with E-state index in [1.54, 1.807) is 24.8 Å². The third kappa shape index (κ3) is 4.16. The summed E-state index contributed by atoms with van der Waals surface area (Å²) in [5.41, 5.74) is 2.29. The fourth-order valence-corrected chi connectivity index (χ4v) is 3.31. The van der Waals surface area contributed by atoms with Gasteiger partial charge in [0.2, 0.25) is 10.8 Å². The summed E-state index contributed by atoms with van der Waals surface area (Å²) in [5, 5.41) is 27.6. The van der Waals surface area contributed by atoms with Gasteiger partial charge in [-0.15, -0.1) is 20.5 Å². The highest BCUT2D eigenvalue weighted by Gasteiger charge is 2.13. The summed E-state index contributed by atoms with van der Waals surface area (Å²) in [6.45, 7) is 10.7. The van der Waals surface area contributed by atoms with Gasteiger partial charge in [-0.3, -0.25) is 0 Å². The van der Waals surface area contributed by atoms with Gasteiger partial charge in [-0.2, -0.15) is 4.37 Å². The van der Waals surface area contributed by atoms with E-state index < -0.39 is 0 Å². The van der Waals surface area contributed by atoms with Gasteiger partial charge in [0.15, 0.2) is 5.00 Å². The normalized spacial score (nSPS) is 11.4. The quantitative estimate of drug-likeness (QED) is 0.421. The Morgan fingerprint density at radius 2 is 1.79 bits per heavy atom. The smallest absolute Gasteiger partial charge is 0.249 e. The molecule has 0 aliphatic rings. The zero-order valence-corrected chi connectivity index (χ0v) is 17.1. The molecule has 3 aromatic rings. The van der Waals surface area contributed by atoms with Gasteiger partial charge in [0, 0.05) is 31.7 Å². The molecule has 0 aliphatic heterocycles. The van der Waals surface area contributed by atoms with Crippen LogP contribution >= 0.6 is 23.1 Å². The van der Waals surface area contributed by atoms with Crippen molar-refractivity contribution in [3.05, 3.63) is 35.1 Å². The molecule has 2 heterocycles. The Bertz CT molecular complexity index is 1110. The van der Waals surface area contributed by atoms with Crippen molar-refractivity contribution in [1.29, 1.82) is 0 Å². The van der Waals surface area contributed by atoms with Crippen LogP contribution < -0.4 is 4.90 Å². The van der Waals surface area contributed by atoms with Gasteiger partial charge in [0.1, 0.15) is 22.9 Å². The molecule has 0 radical (unpaired) electrons. The average Bonchev–Trinajstić information content (AvgIpc) is 3.24. The number of hydrogen-bond donors (Lipinski definition) is 1. The highest BCUT2D eigenvalue weighted by molar-refractivity contribution is 7.10. The number of phenolic OH excluding ortho intramolecular Hbond substituents is 1. The molecule has 0 saturated heterocycles. The van der Waals surface area contributed by atoms with Crippen molar-refractivity contribution in [2.24, 2.45) is 20.5 Å². The van der Waals surface area contributed by atoms with E-state index in [0.717, 1.165) is 23.1 Å². The summed E-state index contributed by atoms with van der Waals surface area (Å²) in [7, 11) is 3.65. The molecule has 1 aromatic carbocycles. The van der Waals surface area contributed by atoms with Crippen LogP contribution in [0.1, 0.15) is 11.5 Å². The van der Waals surface area contributed by atoms with E-state index in [1.165, 1.54) is 6.07 Å². The Balaban J connectivity index is 1.99. The Hall–Kier alpha value is -3.30. The molecule has 28 heavy (non-hydrogen) atoms.